The van der Waals surface area contributed by atoms with Gasteiger partial charge < -0.3 is 0 Å². The zero-order valence-electron chi connectivity index (χ0n) is 10.9. The zero-order valence-corrected chi connectivity index (χ0v) is 10.9. The van der Waals surface area contributed by atoms with E-state index in [1.165, 1.54) is 25.7 Å². The Labute approximate surface area is 94.3 Å². The van der Waals surface area contributed by atoms with Gasteiger partial charge in [0.2, 0.25) is 6.29 Å². The second-order valence-corrected chi connectivity index (χ2v) is 5.38. The molecular weight excluding hydrogens is 188 g/mol. The molecule has 0 aromatic carbocycles. The van der Waals surface area contributed by atoms with E-state index in [-0.39, 0.29) is 17.1 Å². The molecule has 0 aliphatic carbocycles. The molecule has 1 atom stereocenters. The Morgan fingerprint density at radius 1 is 1.00 bits per heavy atom. The molecule has 1 aliphatic heterocycles. The number of rotatable bonds is 7. The normalized spacial score (nSPS) is 21.4. The molecule has 1 fully saturated rings. The van der Waals surface area contributed by atoms with Crippen molar-refractivity contribution in [2.75, 3.05) is 0 Å². The molecule has 1 rings (SSSR count). The number of hydrogen-bond donors (Lipinski definition) is 0. The smallest absolute Gasteiger partial charge is 0.198 e. The Kier molecular flexibility index (Phi) is 4.19. The summed E-state index contributed by atoms with van der Waals surface area (Å²) in [5.74, 6) is 0. The van der Waals surface area contributed by atoms with Crippen LogP contribution < -0.4 is 0 Å². The Morgan fingerprint density at radius 3 is 1.93 bits per heavy atom. The second-order valence-electron chi connectivity index (χ2n) is 5.38. The predicted octanol–water partition coefficient (Wildman–Crippen LogP) is 4.30. The minimum atomic E-state index is 0.0454. The first-order valence-corrected chi connectivity index (χ1v) is 6.36. The molecule has 1 aliphatic rings. The van der Waals surface area contributed by atoms with E-state index in [4.69, 9.17) is 9.78 Å². The molecule has 1 unspecified atom stereocenters. The summed E-state index contributed by atoms with van der Waals surface area (Å²) in [6.07, 6.45) is 6.08. The highest BCUT2D eigenvalue weighted by Gasteiger charge is 2.55. The van der Waals surface area contributed by atoms with Crippen LogP contribution in [-0.2, 0) is 9.78 Å². The van der Waals surface area contributed by atoms with E-state index in [1.54, 1.807) is 0 Å². The fourth-order valence-electron chi connectivity index (χ4n) is 2.65. The number of hydrogen-bond acceptors (Lipinski definition) is 2. The van der Waals surface area contributed by atoms with Crippen molar-refractivity contribution in [3.05, 3.63) is 0 Å². The quantitative estimate of drug-likeness (QED) is 0.466. The highest BCUT2D eigenvalue weighted by Crippen LogP contribution is 2.55. The summed E-state index contributed by atoms with van der Waals surface area (Å²) in [5.41, 5.74) is 0.496. The van der Waals surface area contributed by atoms with Gasteiger partial charge >= 0.3 is 0 Å². The van der Waals surface area contributed by atoms with Crippen LogP contribution in [0.5, 0.6) is 0 Å². The Hall–Kier alpha value is -0.0800. The van der Waals surface area contributed by atoms with Gasteiger partial charge in [0, 0.05) is 5.41 Å². The topological polar surface area (TPSA) is 25.1 Å². The van der Waals surface area contributed by atoms with Gasteiger partial charge in [0.25, 0.3) is 0 Å². The summed E-state index contributed by atoms with van der Waals surface area (Å²) in [6.45, 7) is 11.5. The lowest BCUT2D eigenvalue weighted by Gasteiger charge is -2.44. The average molecular weight is 214 g/mol. The predicted molar refractivity (Wildman–Crippen MR) is 62.3 cm³/mol. The van der Waals surface area contributed by atoms with Gasteiger partial charge in [-0.1, -0.05) is 53.9 Å². The monoisotopic (exact) mass is 214 g/mol. The summed E-state index contributed by atoms with van der Waals surface area (Å²) in [7, 11) is 0. The summed E-state index contributed by atoms with van der Waals surface area (Å²) in [5, 5.41) is 0. The maximum atomic E-state index is 5.15. The van der Waals surface area contributed by atoms with Crippen LogP contribution in [-0.4, -0.2) is 6.29 Å². The SMILES string of the molecule is CCCCC(CC)(C1OO1)C(C)(C)CC. The van der Waals surface area contributed by atoms with Gasteiger partial charge in [-0.25, -0.2) is 0 Å². The molecule has 0 radical (unpaired) electrons. The van der Waals surface area contributed by atoms with E-state index in [2.05, 4.69) is 34.6 Å². The first-order valence-electron chi connectivity index (χ1n) is 6.36. The van der Waals surface area contributed by atoms with E-state index < -0.39 is 0 Å². The van der Waals surface area contributed by atoms with Crippen LogP contribution in [0.2, 0.25) is 0 Å². The van der Waals surface area contributed by atoms with Crippen LogP contribution in [0.1, 0.15) is 66.7 Å². The van der Waals surface area contributed by atoms with Gasteiger partial charge in [-0.05, 0) is 18.3 Å². The fraction of sp³-hybridized carbons (Fsp3) is 1.00. The van der Waals surface area contributed by atoms with Crippen molar-refractivity contribution < 1.29 is 9.78 Å². The largest absolute Gasteiger partial charge is 0.230 e. The molecule has 0 aromatic heterocycles. The van der Waals surface area contributed by atoms with Crippen molar-refractivity contribution in [1.29, 1.82) is 0 Å². The lowest BCUT2D eigenvalue weighted by molar-refractivity contribution is 0.0114. The minimum absolute atomic E-state index is 0.0454. The van der Waals surface area contributed by atoms with Gasteiger partial charge in [-0.2, -0.15) is 9.78 Å². The minimum Gasteiger partial charge on any atom is -0.198 e. The van der Waals surface area contributed by atoms with Gasteiger partial charge in [-0.15, -0.1) is 0 Å². The van der Waals surface area contributed by atoms with Gasteiger partial charge in [0.1, 0.15) is 0 Å². The third-order valence-electron chi connectivity index (χ3n) is 4.48. The molecule has 15 heavy (non-hydrogen) atoms. The Morgan fingerprint density at radius 2 is 1.60 bits per heavy atom. The first-order chi connectivity index (χ1) is 7.04. The van der Waals surface area contributed by atoms with Crippen LogP contribution in [0.3, 0.4) is 0 Å². The van der Waals surface area contributed by atoms with Crippen LogP contribution >= 0.6 is 0 Å². The molecule has 1 heterocycles. The van der Waals surface area contributed by atoms with E-state index in [0.29, 0.717) is 0 Å². The average Bonchev–Trinajstić information content (AvgIpc) is 3.03. The fourth-order valence-corrected chi connectivity index (χ4v) is 2.65. The van der Waals surface area contributed by atoms with E-state index >= 15 is 0 Å². The molecule has 0 spiro atoms. The van der Waals surface area contributed by atoms with E-state index in [0.717, 1.165) is 6.42 Å². The van der Waals surface area contributed by atoms with Crippen LogP contribution in [0.25, 0.3) is 0 Å². The van der Waals surface area contributed by atoms with Crippen LogP contribution in [0, 0.1) is 10.8 Å². The number of unbranched alkanes of at least 4 members (excludes halogenated alkanes) is 1. The summed E-state index contributed by atoms with van der Waals surface area (Å²) >= 11 is 0. The van der Waals surface area contributed by atoms with Gasteiger partial charge in [0.05, 0.1) is 0 Å². The van der Waals surface area contributed by atoms with Crippen molar-refractivity contribution >= 4 is 0 Å². The second kappa shape index (κ2) is 4.84. The molecular formula is C13H26O2. The molecule has 0 saturated carbocycles. The molecule has 2 heteroatoms. The van der Waals surface area contributed by atoms with E-state index in [9.17, 15) is 0 Å². The summed E-state index contributed by atoms with van der Waals surface area (Å²) < 4.78 is 0. The highest BCUT2D eigenvalue weighted by atomic mass is 17.4. The lowest BCUT2D eigenvalue weighted by Crippen LogP contribution is -2.41. The van der Waals surface area contributed by atoms with Crippen LogP contribution in [0.15, 0.2) is 0 Å². The molecule has 90 valence electrons. The molecule has 0 N–H and O–H groups in total. The maximum absolute atomic E-state index is 5.15. The Bertz CT molecular complexity index is 197. The third kappa shape index (κ3) is 2.36. The molecule has 1 saturated heterocycles. The molecule has 0 aromatic rings. The summed E-state index contributed by atoms with van der Waals surface area (Å²) in [6, 6.07) is 0. The molecule has 2 nitrogen and oxygen atoms in total. The first kappa shape index (κ1) is 13.0. The zero-order chi connectivity index (χ0) is 11.5. The van der Waals surface area contributed by atoms with Crippen molar-refractivity contribution in [3.63, 3.8) is 0 Å². The van der Waals surface area contributed by atoms with Crippen molar-refractivity contribution in [3.8, 4) is 0 Å². The van der Waals surface area contributed by atoms with Gasteiger partial charge in [0.15, 0.2) is 0 Å². The Balaban J connectivity index is 2.82. The molecule has 0 bridgehead atoms. The third-order valence-corrected chi connectivity index (χ3v) is 4.48. The van der Waals surface area contributed by atoms with E-state index in [1.807, 2.05) is 0 Å². The van der Waals surface area contributed by atoms with Crippen molar-refractivity contribution in [1.82, 2.24) is 0 Å². The van der Waals surface area contributed by atoms with Gasteiger partial charge in [-0.3, -0.25) is 0 Å². The van der Waals surface area contributed by atoms with Crippen molar-refractivity contribution in [2.45, 2.75) is 73.0 Å². The summed E-state index contributed by atoms with van der Waals surface area (Å²) in [4.78, 5) is 10.3. The van der Waals surface area contributed by atoms with Crippen LogP contribution in [0.4, 0.5) is 0 Å². The molecule has 0 amide bonds. The standard InChI is InChI=1S/C13H26O2/c1-6-9-10-13(8-3,11-14-15-11)12(4,5)7-2/h11H,6-10H2,1-5H3. The lowest BCUT2D eigenvalue weighted by atomic mass is 9.60. The maximum Gasteiger partial charge on any atom is 0.230 e. The van der Waals surface area contributed by atoms with Crippen molar-refractivity contribution in [2.24, 2.45) is 10.8 Å². The highest BCUT2D eigenvalue weighted by molar-refractivity contribution is 4.95.